The molecule has 1 aromatic rings. The molecule has 0 aliphatic carbocycles. The number of nitrogens with one attached hydrogen (secondary N) is 2. The van der Waals surface area contributed by atoms with Gasteiger partial charge in [-0.15, -0.1) is 0 Å². The summed E-state index contributed by atoms with van der Waals surface area (Å²) >= 11 is 0. The largest absolute Gasteiger partial charge is 0.376 e. The van der Waals surface area contributed by atoms with Gasteiger partial charge >= 0.3 is 0 Å². The van der Waals surface area contributed by atoms with Gasteiger partial charge in [0.05, 0.1) is 25.9 Å². The second-order valence-electron chi connectivity index (χ2n) is 5.22. The van der Waals surface area contributed by atoms with Crippen molar-refractivity contribution < 1.29 is 14.3 Å². The van der Waals surface area contributed by atoms with Crippen molar-refractivity contribution in [1.82, 2.24) is 5.32 Å². The number of aryl methyl sites for hydroxylation is 1. The van der Waals surface area contributed by atoms with Gasteiger partial charge in [0.25, 0.3) is 0 Å². The lowest BCUT2D eigenvalue weighted by atomic mass is 9.95. The van der Waals surface area contributed by atoms with E-state index < -0.39 is 0 Å². The summed E-state index contributed by atoms with van der Waals surface area (Å²) in [5.41, 5.74) is 3.30. The molecule has 2 aliphatic rings. The van der Waals surface area contributed by atoms with Gasteiger partial charge in [0.1, 0.15) is 6.10 Å². The van der Waals surface area contributed by atoms with Crippen LogP contribution in [0.15, 0.2) is 18.2 Å². The summed E-state index contributed by atoms with van der Waals surface area (Å²) in [6.45, 7) is 1.92. The summed E-state index contributed by atoms with van der Waals surface area (Å²) in [6.07, 6.45) is 1.39. The number of ether oxygens (including phenoxy) is 2. The lowest BCUT2D eigenvalue weighted by Crippen LogP contribution is -2.39. The standard InChI is InChI=1S/C15H20N2O3/c1-16-15(13-9-19-6-7-20-13)11-2-4-12-10(8-11)3-5-14(18)17-12/h2,4,8,13,15-16H,3,5-7,9H2,1H3,(H,17,18). The van der Waals surface area contributed by atoms with Crippen molar-refractivity contribution in [2.45, 2.75) is 25.0 Å². The Balaban J connectivity index is 1.83. The first-order chi connectivity index (χ1) is 9.78. The molecule has 1 amide bonds. The molecule has 2 atom stereocenters. The topological polar surface area (TPSA) is 59.6 Å². The van der Waals surface area contributed by atoms with Crippen LogP contribution in [0.25, 0.3) is 0 Å². The monoisotopic (exact) mass is 276 g/mol. The van der Waals surface area contributed by atoms with Crippen molar-refractivity contribution in [2.75, 3.05) is 32.2 Å². The average Bonchev–Trinajstić information content (AvgIpc) is 2.49. The van der Waals surface area contributed by atoms with E-state index in [2.05, 4.69) is 16.7 Å². The Kier molecular flexibility index (Phi) is 4.00. The number of carbonyl (C=O) groups excluding carboxylic acids is 1. The van der Waals surface area contributed by atoms with E-state index >= 15 is 0 Å². The molecule has 0 bridgehead atoms. The van der Waals surface area contributed by atoms with E-state index in [1.165, 1.54) is 11.1 Å². The van der Waals surface area contributed by atoms with Crippen molar-refractivity contribution >= 4 is 11.6 Å². The summed E-state index contributed by atoms with van der Waals surface area (Å²) in [4.78, 5) is 11.4. The molecule has 0 radical (unpaired) electrons. The van der Waals surface area contributed by atoms with E-state index in [1.54, 1.807) is 0 Å². The van der Waals surface area contributed by atoms with E-state index in [0.29, 0.717) is 26.2 Å². The van der Waals surface area contributed by atoms with Gasteiger partial charge in [-0.1, -0.05) is 12.1 Å². The number of likely N-dealkylation sites (N-methyl/N-ethyl adjacent to an activating group) is 1. The maximum atomic E-state index is 11.4. The predicted octanol–water partition coefficient (Wildman–Crippen LogP) is 1.25. The quantitative estimate of drug-likeness (QED) is 0.872. The minimum absolute atomic E-state index is 0.0324. The van der Waals surface area contributed by atoms with Gasteiger partial charge in [0.15, 0.2) is 0 Å². The van der Waals surface area contributed by atoms with Crippen molar-refractivity contribution in [3.63, 3.8) is 0 Å². The molecule has 2 aliphatic heterocycles. The van der Waals surface area contributed by atoms with Gasteiger partial charge in [-0.2, -0.15) is 0 Å². The van der Waals surface area contributed by atoms with E-state index in [1.807, 2.05) is 19.2 Å². The first-order valence-corrected chi connectivity index (χ1v) is 7.07. The highest BCUT2D eigenvalue weighted by Crippen LogP contribution is 2.28. The van der Waals surface area contributed by atoms with Crippen LogP contribution in [0, 0.1) is 0 Å². The van der Waals surface area contributed by atoms with E-state index in [-0.39, 0.29) is 18.1 Å². The van der Waals surface area contributed by atoms with E-state index in [0.717, 1.165) is 12.1 Å². The van der Waals surface area contributed by atoms with Gasteiger partial charge in [-0.05, 0) is 30.7 Å². The van der Waals surface area contributed by atoms with Crippen molar-refractivity contribution in [2.24, 2.45) is 0 Å². The number of hydrogen-bond donors (Lipinski definition) is 2. The SMILES string of the molecule is CNC(c1ccc2c(c1)CCC(=O)N2)C1COCCO1. The van der Waals surface area contributed by atoms with Crippen LogP contribution in [0.4, 0.5) is 5.69 Å². The van der Waals surface area contributed by atoms with Gasteiger partial charge in [-0.3, -0.25) is 4.79 Å². The molecular weight excluding hydrogens is 256 g/mol. The number of fused-ring (bicyclic) bond motifs is 1. The minimum Gasteiger partial charge on any atom is -0.376 e. The molecule has 3 rings (SSSR count). The molecule has 20 heavy (non-hydrogen) atoms. The Hall–Kier alpha value is -1.43. The summed E-state index contributed by atoms with van der Waals surface area (Å²) in [7, 11) is 1.93. The fraction of sp³-hybridized carbons (Fsp3) is 0.533. The zero-order valence-corrected chi connectivity index (χ0v) is 11.6. The number of rotatable bonds is 3. The molecule has 1 aromatic carbocycles. The number of amides is 1. The number of hydrogen-bond acceptors (Lipinski definition) is 4. The molecule has 0 spiro atoms. The normalized spacial score (nSPS) is 23.9. The Morgan fingerprint density at radius 2 is 2.25 bits per heavy atom. The first kappa shape index (κ1) is 13.5. The Morgan fingerprint density at radius 1 is 1.35 bits per heavy atom. The summed E-state index contributed by atoms with van der Waals surface area (Å²) in [5.74, 6) is 0.0967. The van der Waals surface area contributed by atoms with Gasteiger partial charge in [-0.25, -0.2) is 0 Å². The molecule has 108 valence electrons. The Labute approximate surface area is 118 Å². The van der Waals surface area contributed by atoms with Crippen LogP contribution >= 0.6 is 0 Å². The van der Waals surface area contributed by atoms with Crippen LogP contribution in [-0.2, 0) is 20.7 Å². The molecule has 2 N–H and O–H groups in total. The average molecular weight is 276 g/mol. The molecule has 1 saturated heterocycles. The molecule has 0 aromatic heterocycles. The third kappa shape index (κ3) is 2.70. The van der Waals surface area contributed by atoms with Crippen molar-refractivity contribution in [3.8, 4) is 0 Å². The highest BCUT2D eigenvalue weighted by molar-refractivity contribution is 5.93. The van der Waals surface area contributed by atoms with Crippen LogP contribution in [0.1, 0.15) is 23.6 Å². The number of carbonyl (C=O) groups is 1. The molecular formula is C15H20N2O3. The molecule has 5 heteroatoms. The van der Waals surface area contributed by atoms with Gasteiger partial charge < -0.3 is 20.1 Å². The smallest absolute Gasteiger partial charge is 0.224 e. The lowest BCUT2D eigenvalue weighted by Gasteiger charge is -2.31. The lowest BCUT2D eigenvalue weighted by molar-refractivity contribution is -0.116. The highest BCUT2D eigenvalue weighted by atomic mass is 16.6. The zero-order valence-electron chi connectivity index (χ0n) is 11.6. The minimum atomic E-state index is 0.0324. The Bertz CT molecular complexity index is 498. The van der Waals surface area contributed by atoms with Gasteiger partial charge in [0, 0.05) is 12.1 Å². The molecule has 2 unspecified atom stereocenters. The molecule has 2 heterocycles. The van der Waals surface area contributed by atoms with E-state index in [9.17, 15) is 4.79 Å². The van der Waals surface area contributed by atoms with Crippen LogP contribution < -0.4 is 10.6 Å². The summed E-state index contributed by atoms with van der Waals surface area (Å²) in [6, 6.07) is 6.30. The molecule has 5 nitrogen and oxygen atoms in total. The maximum Gasteiger partial charge on any atom is 0.224 e. The number of anilines is 1. The van der Waals surface area contributed by atoms with E-state index in [4.69, 9.17) is 9.47 Å². The Morgan fingerprint density at radius 3 is 3.00 bits per heavy atom. The summed E-state index contributed by atoms with van der Waals surface area (Å²) < 4.78 is 11.3. The zero-order chi connectivity index (χ0) is 13.9. The maximum absolute atomic E-state index is 11.4. The second kappa shape index (κ2) is 5.91. The third-order valence-electron chi connectivity index (χ3n) is 3.91. The van der Waals surface area contributed by atoms with Gasteiger partial charge in [0.2, 0.25) is 5.91 Å². The second-order valence-corrected chi connectivity index (χ2v) is 5.22. The van der Waals surface area contributed by atoms with Crippen molar-refractivity contribution in [1.29, 1.82) is 0 Å². The highest BCUT2D eigenvalue weighted by Gasteiger charge is 2.26. The van der Waals surface area contributed by atoms with Crippen molar-refractivity contribution in [3.05, 3.63) is 29.3 Å². The molecule has 1 fully saturated rings. The fourth-order valence-electron chi connectivity index (χ4n) is 2.86. The van der Waals surface area contributed by atoms with Crippen LogP contribution in [0.5, 0.6) is 0 Å². The summed E-state index contributed by atoms with van der Waals surface area (Å²) in [5, 5.41) is 6.22. The first-order valence-electron chi connectivity index (χ1n) is 7.07. The fourth-order valence-corrected chi connectivity index (χ4v) is 2.86. The van der Waals surface area contributed by atoms with Crippen LogP contribution in [0.2, 0.25) is 0 Å². The third-order valence-corrected chi connectivity index (χ3v) is 3.91. The number of benzene rings is 1. The van der Waals surface area contributed by atoms with Crippen LogP contribution in [0.3, 0.4) is 0 Å². The van der Waals surface area contributed by atoms with Crippen LogP contribution in [-0.4, -0.2) is 38.9 Å². The molecule has 0 saturated carbocycles. The predicted molar refractivity (Wildman–Crippen MR) is 75.8 cm³/mol.